The van der Waals surface area contributed by atoms with Gasteiger partial charge >= 0.3 is 0 Å². The fraction of sp³-hybridized carbons (Fsp3) is 0.350. The van der Waals surface area contributed by atoms with Crippen LogP contribution in [0, 0.1) is 0 Å². The highest BCUT2D eigenvalue weighted by molar-refractivity contribution is 6.01. The third-order valence-electron chi connectivity index (χ3n) is 4.53. The van der Waals surface area contributed by atoms with E-state index in [-0.39, 0.29) is 0 Å². The van der Waals surface area contributed by atoms with Crippen molar-refractivity contribution in [2.45, 2.75) is 6.61 Å². The number of ether oxygens (including phenoxy) is 1. The predicted octanol–water partition coefficient (Wildman–Crippen LogP) is 2.69. The quantitative estimate of drug-likeness (QED) is 0.499. The lowest BCUT2D eigenvalue weighted by molar-refractivity contribution is 0.169. The van der Waals surface area contributed by atoms with E-state index in [1.54, 1.807) is 0 Å². The number of oxime groups is 1. The summed E-state index contributed by atoms with van der Waals surface area (Å²) in [6.07, 6.45) is 0. The van der Waals surface area contributed by atoms with Crippen LogP contribution in [0.25, 0.3) is 0 Å². The third-order valence-corrected chi connectivity index (χ3v) is 4.53. The van der Waals surface area contributed by atoms with Crippen molar-refractivity contribution in [3.8, 4) is 5.75 Å². The summed E-state index contributed by atoms with van der Waals surface area (Å²) in [5.41, 5.74) is 2.76. The molecule has 5 heteroatoms. The van der Waals surface area contributed by atoms with Crippen LogP contribution in [0.2, 0.25) is 0 Å². The van der Waals surface area contributed by atoms with E-state index >= 15 is 0 Å². The van der Waals surface area contributed by atoms with E-state index in [1.165, 1.54) is 0 Å². The molecule has 0 aromatic heterocycles. The molecule has 1 aliphatic rings. The maximum atomic E-state index is 9.40. The van der Waals surface area contributed by atoms with Gasteiger partial charge in [-0.15, -0.1) is 0 Å². The standard InChI is InChI=1S/C20H25N3O2/c1-22-11-13-23(14-12-22)15-20(21-24)18-7-9-19(10-8-18)25-16-17-5-3-2-4-6-17/h2-10,24H,11-16H2,1H3/b21-20-. The zero-order valence-corrected chi connectivity index (χ0v) is 14.6. The molecular formula is C20H25N3O2. The maximum absolute atomic E-state index is 9.40. The van der Waals surface area contributed by atoms with Crippen LogP contribution in [0.1, 0.15) is 11.1 Å². The van der Waals surface area contributed by atoms with Gasteiger partial charge < -0.3 is 14.8 Å². The van der Waals surface area contributed by atoms with E-state index in [0.717, 1.165) is 43.1 Å². The molecule has 1 N–H and O–H groups in total. The Hall–Kier alpha value is -2.37. The summed E-state index contributed by atoms with van der Waals surface area (Å²) in [7, 11) is 2.13. The van der Waals surface area contributed by atoms with E-state index in [2.05, 4.69) is 22.0 Å². The molecule has 2 aromatic carbocycles. The molecule has 0 saturated carbocycles. The molecule has 0 unspecified atom stereocenters. The largest absolute Gasteiger partial charge is 0.489 e. The van der Waals surface area contributed by atoms with Crippen LogP contribution in [0.3, 0.4) is 0 Å². The minimum absolute atomic E-state index is 0.544. The smallest absolute Gasteiger partial charge is 0.119 e. The first-order chi connectivity index (χ1) is 12.2. The normalized spacial score (nSPS) is 16.8. The number of hydrogen-bond acceptors (Lipinski definition) is 5. The van der Waals surface area contributed by atoms with E-state index in [4.69, 9.17) is 4.74 Å². The average Bonchev–Trinajstić information content (AvgIpc) is 2.67. The molecule has 1 fully saturated rings. The van der Waals surface area contributed by atoms with Gasteiger partial charge in [-0.05, 0) is 36.9 Å². The molecule has 5 nitrogen and oxygen atoms in total. The van der Waals surface area contributed by atoms with Crippen molar-refractivity contribution in [2.24, 2.45) is 5.16 Å². The lowest BCUT2D eigenvalue weighted by atomic mass is 10.1. The fourth-order valence-corrected chi connectivity index (χ4v) is 2.88. The van der Waals surface area contributed by atoms with Gasteiger partial charge in [0.2, 0.25) is 0 Å². The van der Waals surface area contributed by atoms with Gasteiger partial charge in [0.25, 0.3) is 0 Å². The van der Waals surface area contributed by atoms with E-state index in [9.17, 15) is 5.21 Å². The third kappa shape index (κ3) is 5.05. The van der Waals surface area contributed by atoms with Crippen molar-refractivity contribution in [3.05, 3.63) is 65.7 Å². The number of nitrogens with zero attached hydrogens (tertiary/aromatic N) is 3. The van der Waals surface area contributed by atoms with Crippen LogP contribution in [0.5, 0.6) is 5.75 Å². The second-order valence-corrected chi connectivity index (χ2v) is 6.42. The van der Waals surface area contributed by atoms with Crippen molar-refractivity contribution in [1.29, 1.82) is 0 Å². The minimum atomic E-state index is 0.544. The van der Waals surface area contributed by atoms with Crippen LogP contribution < -0.4 is 4.74 Å². The number of likely N-dealkylation sites (N-methyl/N-ethyl adjacent to an activating group) is 1. The first-order valence-electron chi connectivity index (χ1n) is 8.63. The van der Waals surface area contributed by atoms with Gasteiger partial charge in [0.15, 0.2) is 0 Å². The molecule has 3 rings (SSSR count). The SMILES string of the molecule is CN1CCN(C/C(=N/O)c2ccc(OCc3ccccc3)cc2)CC1. The molecule has 25 heavy (non-hydrogen) atoms. The minimum Gasteiger partial charge on any atom is -0.489 e. The molecule has 132 valence electrons. The molecule has 2 aromatic rings. The Morgan fingerprint density at radius 2 is 1.68 bits per heavy atom. The highest BCUT2D eigenvalue weighted by Gasteiger charge is 2.16. The lowest BCUT2D eigenvalue weighted by Crippen LogP contribution is -2.46. The van der Waals surface area contributed by atoms with Crippen LogP contribution in [0.4, 0.5) is 0 Å². The molecule has 0 bridgehead atoms. The lowest BCUT2D eigenvalue weighted by Gasteiger charge is -2.32. The molecular weight excluding hydrogens is 314 g/mol. The molecule has 1 saturated heterocycles. The summed E-state index contributed by atoms with van der Waals surface area (Å²) in [6, 6.07) is 17.8. The van der Waals surface area contributed by atoms with E-state index in [0.29, 0.717) is 18.9 Å². The van der Waals surface area contributed by atoms with Gasteiger partial charge in [-0.3, -0.25) is 4.90 Å². The molecule has 0 aliphatic carbocycles. The Morgan fingerprint density at radius 3 is 2.32 bits per heavy atom. The molecule has 0 spiro atoms. The number of piperazine rings is 1. The van der Waals surface area contributed by atoms with Gasteiger partial charge in [0, 0.05) is 38.3 Å². The van der Waals surface area contributed by atoms with Gasteiger partial charge in [-0.1, -0.05) is 35.5 Å². The van der Waals surface area contributed by atoms with Gasteiger partial charge in [-0.25, -0.2) is 0 Å². The van der Waals surface area contributed by atoms with Crippen molar-refractivity contribution < 1.29 is 9.94 Å². The van der Waals surface area contributed by atoms with Crippen molar-refractivity contribution in [3.63, 3.8) is 0 Å². The summed E-state index contributed by atoms with van der Waals surface area (Å²) < 4.78 is 5.80. The van der Waals surface area contributed by atoms with E-state index < -0.39 is 0 Å². The van der Waals surface area contributed by atoms with Crippen molar-refractivity contribution >= 4 is 5.71 Å². The fourth-order valence-electron chi connectivity index (χ4n) is 2.88. The second-order valence-electron chi connectivity index (χ2n) is 6.42. The van der Waals surface area contributed by atoms with Crippen molar-refractivity contribution in [2.75, 3.05) is 39.8 Å². The van der Waals surface area contributed by atoms with Crippen LogP contribution >= 0.6 is 0 Å². The first kappa shape index (κ1) is 17.5. The Kier molecular flexibility index (Phi) is 6.04. The second kappa shape index (κ2) is 8.65. The summed E-state index contributed by atoms with van der Waals surface area (Å²) in [6.45, 7) is 5.29. The molecule has 0 amide bonds. The Balaban J connectivity index is 1.56. The number of rotatable bonds is 6. The Labute approximate surface area is 149 Å². The average molecular weight is 339 g/mol. The summed E-state index contributed by atoms with van der Waals surface area (Å²) in [5, 5.41) is 12.9. The molecule has 1 aliphatic heterocycles. The zero-order valence-electron chi connectivity index (χ0n) is 14.6. The van der Waals surface area contributed by atoms with Crippen LogP contribution in [-0.4, -0.2) is 60.5 Å². The summed E-state index contributed by atoms with van der Waals surface area (Å²) >= 11 is 0. The predicted molar refractivity (Wildman–Crippen MR) is 99.5 cm³/mol. The highest BCUT2D eigenvalue weighted by atomic mass is 16.5. The monoisotopic (exact) mass is 339 g/mol. The Morgan fingerprint density at radius 1 is 1.00 bits per heavy atom. The van der Waals surface area contributed by atoms with Gasteiger partial charge in [0.05, 0.1) is 0 Å². The number of hydrogen-bond donors (Lipinski definition) is 1. The van der Waals surface area contributed by atoms with E-state index in [1.807, 2.05) is 54.6 Å². The first-order valence-corrected chi connectivity index (χ1v) is 8.63. The zero-order chi connectivity index (χ0) is 17.5. The summed E-state index contributed by atoms with van der Waals surface area (Å²) in [5.74, 6) is 0.810. The van der Waals surface area contributed by atoms with Gasteiger partial charge in [0.1, 0.15) is 18.1 Å². The molecule has 0 radical (unpaired) electrons. The molecule has 1 heterocycles. The highest BCUT2D eigenvalue weighted by Crippen LogP contribution is 2.15. The Bertz CT molecular complexity index is 678. The topological polar surface area (TPSA) is 48.3 Å². The van der Waals surface area contributed by atoms with Gasteiger partial charge in [-0.2, -0.15) is 0 Å². The van der Waals surface area contributed by atoms with Crippen LogP contribution in [0.15, 0.2) is 59.8 Å². The summed E-state index contributed by atoms with van der Waals surface area (Å²) in [4.78, 5) is 4.62. The number of benzene rings is 2. The molecule has 0 atom stereocenters. The maximum Gasteiger partial charge on any atom is 0.119 e. The van der Waals surface area contributed by atoms with Crippen LogP contribution in [-0.2, 0) is 6.61 Å². The van der Waals surface area contributed by atoms with Crippen molar-refractivity contribution in [1.82, 2.24) is 9.80 Å².